The van der Waals surface area contributed by atoms with E-state index in [9.17, 15) is 4.39 Å². The first-order chi connectivity index (χ1) is 9.10. The van der Waals surface area contributed by atoms with Crippen molar-refractivity contribution in [2.75, 3.05) is 12.3 Å². The van der Waals surface area contributed by atoms with Crippen molar-refractivity contribution in [3.05, 3.63) is 47.2 Å². The average Bonchev–Trinajstić information content (AvgIpc) is 2.38. The summed E-state index contributed by atoms with van der Waals surface area (Å²) in [5.74, 6) is 1.06. The molecule has 0 aromatic heterocycles. The lowest BCUT2D eigenvalue weighted by Gasteiger charge is -2.10. The normalized spacial score (nSPS) is 10.3. The van der Waals surface area contributed by atoms with E-state index in [1.165, 1.54) is 6.07 Å². The number of hydrogen-bond donors (Lipinski definition) is 1. The molecule has 2 aromatic rings. The van der Waals surface area contributed by atoms with Gasteiger partial charge in [0.2, 0.25) is 0 Å². The average molecular weight is 282 g/mol. The second-order valence-electron chi connectivity index (χ2n) is 3.81. The van der Waals surface area contributed by atoms with E-state index in [0.717, 1.165) is 11.8 Å². The third-order valence-corrected chi connectivity index (χ3v) is 2.70. The van der Waals surface area contributed by atoms with Gasteiger partial charge in [-0.15, -0.1) is 0 Å². The first-order valence-corrected chi connectivity index (χ1v) is 6.13. The number of nitrogen functional groups attached to an aromatic ring is 1. The van der Waals surface area contributed by atoms with Gasteiger partial charge in [0.25, 0.3) is 0 Å². The fourth-order valence-corrected chi connectivity index (χ4v) is 1.68. The molecule has 2 aromatic carbocycles. The second-order valence-corrected chi connectivity index (χ2v) is 4.22. The zero-order chi connectivity index (χ0) is 13.8. The molecule has 0 heterocycles. The number of ether oxygens (including phenoxy) is 2. The maximum absolute atomic E-state index is 13.2. The smallest absolute Gasteiger partial charge is 0.151 e. The zero-order valence-corrected chi connectivity index (χ0v) is 11.1. The molecule has 0 amide bonds. The van der Waals surface area contributed by atoms with Crippen LogP contribution in [0.2, 0.25) is 5.02 Å². The van der Waals surface area contributed by atoms with Gasteiger partial charge in [0, 0.05) is 12.1 Å². The number of hydrogen-bond acceptors (Lipinski definition) is 3. The molecule has 0 aliphatic carbocycles. The molecule has 3 nitrogen and oxygen atoms in total. The summed E-state index contributed by atoms with van der Waals surface area (Å²) in [6.07, 6.45) is 0. The summed E-state index contributed by atoms with van der Waals surface area (Å²) in [5.41, 5.74) is 5.86. The highest BCUT2D eigenvalue weighted by atomic mass is 35.5. The first-order valence-electron chi connectivity index (χ1n) is 5.75. The van der Waals surface area contributed by atoms with Crippen LogP contribution in [0.3, 0.4) is 0 Å². The van der Waals surface area contributed by atoms with Gasteiger partial charge < -0.3 is 15.2 Å². The number of nitrogens with two attached hydrogens (primary N) is 1. The molecule has 2 rings (SSSR count). The van der Waals surface area contributed by atoms with E-state index in [1.54, 1.807) is 24.3 Å². The van der Waals surface area contributed by atoms with E-state index in [2.05, 4.69) is 0 Å². The van der Waals surface area contributed by atoms with Crippen molar-refractivity contribution in [2.45, 2.75) is 6.92 Å². The van der Waals surface area contributed by atoms with E-state index < -0.39 is 5.82 Å². The molecule has 0 saturated carbocycles. The van der Waals surface area contributed by atoms with Crippen molar-refractivity contribution in [3.63, 3.8) is 0 Å². The molecule has 0 aliphatic rings. The van der Waals surface area contributed by atoms with Crippen LogP contribution in [0.4, 0.5) is 10.1 Å². The first kappa shape index (κ1) is 13.5. The quantitative estimate of drug-likeness (QED) is 0.852. The minimum atomic E-state index is -0.571. The summed E-state index contributed by atoms with van der Waals surface area (Å²) in [5, 5.41) is -0.0323. The highest BCUT2D eigenvalue weighted by Crippen LogP contribution is 2.32. The number of benzene rings is 2. The number of rotatable bonds is 4. The lowest BCUT2D eigenvalue weighted by Crippen LogP contribution is -1.94. The highest BCUT2D eigenvalue weighted by Gasteiger charge is 2.08. The monoisotopic (exact) mass is 281 g/mol. The zero-order valence-electron chi connectivity index (χ0n) is 10.3. The van der Waals surface area contributed by atoms with Gasteiger partial charge in [-0.1, -0.05) is 11.6 Å². The van der Waals surface area contributed by atoms with Crippen LogP contribution >= 0.6 is 11.6 Å². The summed E-state index contributed by atoms with van der Waals surface area (Å²) < 4.78 is 24.0. The minimum Gasteiger partial charge on any atom is -0.494 e. The maximum atomic E-state index is 13.2. The van der Waals surface area contributed by atoms with E-state index in [0.29, 0.717) is 18.1 Å². The molecule has 100 valence electrons. The van der Waals surface area contributed by atoms with Crippen LogP contribution in [-0.2, 0) is 0 Å². The molecule has 2 N–H and O–H groups in total. The van der Waals surface area contributed by atoms with Gasteiger partial charge >= 0.3 is 0 Å². The van der Waals surface area contributed by atoms with E-state index in [-0.39, 0.29) is 10.7 Å². The lowest BCUT2D eigenvalue weighted by molar-refractivity contribution is 0.339. The van der Waals surface area contributed by atoms with Gasteiger partial charge in [0.05, 0.1) is 17.3 Å². The summed E-state index contributed by atoms with van der Waals surface area (Å²) in [6.45, 7) is 2.51. The minimum absolute atomic E-state index is 0.0323. The Kier molecular flexibility index (Phi) is 4.12. The molecule has 0 unspecified atom stereocenters. The molecule has 0 bridgehead atoms. The SMILES string of the molecule is CCOc1ccc(Oc2cc(Cl)c(F)cc2N)cc1. The molecule has 0 radical (unpaired) electrons. The third kappa shape index (κ3) is 3.29. The van der Waals surface area contributed by atoms with Gasteiger partial charge in [0.15, 0.2) is 5.75 Å². The summed E-state index contributed by atoms with van der Waals surface area (Å²) in [7, 11) is 0. The Morgan fingerprint density at radius 3 is 2.42 bits per heavy atom. The van der Waals surface area contributed by atoms with Gasteiger partial charge in [-0.25, -0.2) is 4.39 Å². The summed E-state index contributed by atoms with van der Waals surface area (Å²) in [4.78, 5) is 0. The predicted octanol–water partition coefficient (Wildman–Crippen LogP) is 4.25. The van der Waals surface area contributed by atoms with Crippen molar-refractivity contribution in [1.82, 2.24) is 0 Å². The van der Waals surface area contributed by atoms with E-state index >= 15 is 0 Å². The van der Waals surface area contributed by atoms with Crippen molar-refractivity contribution in [3.8, 4) is 17.2 Å². The Bertz CT molecular complexity index is 572. The fraction of sp³-hybridized carbons (Fsp3) is 0.143. The van der Waals surface area contributed by atoms with Gasteiger partial charge in [0.1, 0.15) is 17.3 Å². The van der Waals surface area contributed by atoms with Crippen LogP contribution in [0.15, 0.2) is 36.4 Å². The van der Waals surface area contributed by atoms with Crippen LogP contribution < -0.4 is 15.2 Å². The maximum Gasteiger partial charge on any atom is 0.151 e. The largest absolute Gasteiger partial charge is 0.494 e. The molecule has 0 fully saturated rings. The van der Waals surface area contributed by atoms with Crippen LogP contribution in [0.1, 0.15) is 6.92 Å². The van der Waals surface area contributed by atoms with Crippen molar-refractivity contribution in [2.24, 2.45) is 0 Å². The number of anilines is 1. The Morgan fingerprint density at radius 1 is 1.16 bits per heavy atom. The van der Waals surface area contributed by atoms with Gasteiger partial charge in [-0.05, 0) is 31.2 Å². The number of halogens is 2. The predicted molar refractivity (Wildman–Crippen MR) is 73.5 cm³/mol. The van der Waals surface area contributed by atoms with Crippen LogP contribution in [0, 0.1) is 5.82 Å². The molecule has 0 atom stereocenters. The van der Waals surface area contributed by atoms with Crippen LogP contribution in [0.5, 0.6) is 17.2 Å². The summed E-state index contributed by atoms with van der Waals surface area (Å²) in [6, 6.07) is 9.51. The Morgan fingerprint density at radius 2 is 1.79 bits per heavy atom. The third-order valence-electron chi connectivity index (χ3n) is 2.42. The van der Waals surface area contributed by atoms with Crippen molar-refractivity contribution < 1.29 is 13.9 Å². The molecule has 0 saturated heterocycles. The van der Waals surface area contributed by atoms with Crippen LogP contribution in [0.25, 0.3) is 0 Å². The Balaban J connectivity index is 2.19. The van der Waals surface area contributed by atoms with Crippen molar-refractivity contribution in [1.29, 1.82) is 0 Å². The van der Waals surface area contributed by atoms with E-state index in [4.69, 9.17) is 26.8 Å². The molecule has 0 spiro atoms. The molecule has 0 aliphatic heterocycles. The molecule has 5 heteroatoms. The van der Waals surface area contributed by atoms with Gasteiger partial charge in [-0.2, -0.15) is 0 Å². The second kappa shape index (κ2) is 5.80. The molecule has 19 heavy (non-hydrogen) atoms. The highest BCUT2D eigenvalue weighted by molar-refractivity contribution is 6.31. The lowest BCUT2D eigenvalue weighted by atomic mass is 10.3. The Hall–Kier alpha value is -1.94. The fourth-order valence-electron chi connectivity index (χ4n) is 1.53. The Labute approximate surface area is 115 Å². The summed E-state index contributed by atoms with van der Waals surface area (Å²) >= 11 is 5.69. The standard InChI is InChI=1S/C14H13ClFNO2/c1-2-18-9-3-5-10(6-4-9)19-14-7-11(15)12(16)8-13(14)17/h3-8H,2,17H2,1H3. The van der Waals surface area contributed by atoms with Gasteiger partial charge in [-0.3, -0.25) is 0 Å². The molecular formula is C14H13ClFNO2. The van der Waals surface area contributed by atoms with E-state index in [1.807, 2.05) is 6.92 Å². The topological polar surface area (TPSA) is 44.5 Å². The molecular weight excluding hydrogens is 269 g/mol. The van der Waals surface area contributed by atoms with Crippen molar-refractivity contribution >= 4 is 17.3 Å². The van der Waals surface area contributed by atoms with Crippen LogP contribution in [-0.4, -0.2) is 6.61 Å².